The molecule has 0 fully saturated rings. The minimum absolute atomic E-state index is 0.0208. The van der Waals surface area contributed by atoms with E-state index in [1.165, 1.54) is 12.4 Å². The van der Waals surface area contributed by atoms with E-state index in [0.717, 1.165) is 11.1 Å². The maximum Gasteiger partial charge on any atom is 0.179 e. The fraction of sp³-hybridized carbons (Fsp3) is 0.154. The first-order valence-corrected chi connectivity index (χ1v) is 5.33. The van der Waals surface area contributed by atoms with E-state index >= 15 is 0 Å². The van der Waals surface area contributed by atoms with Gasteiger partial charge in [0.05, 0.1) is 12.1 Å². The van der Waals surface area contributed by atoms with Crippen LogP contribution in [-0.4, -0.2) is 22.3 Å². The number of hydrogen-bond acceptors (Lipinski definition) is 4. The molecule has 0 aliphatic rings. The normalized spacial score (nSPS) is 10.2. The van der Waals surface area contributed by atoms with E-state index in [0.29, 0.717) is 11.4 Å². The van der Waals surface area contributed by atoms with Gasteiger partial charge >= 0.3 is 0 Å². The Kier molecular flexibility index (Phi) is 3.25. The van der Waals surface area contributed by atoms with Crippen LogP contribution in [0, 0.1) is 6.92 Å². The standard InChI is InChI=1S/C13H13N3O/c1-9-4-2-3-5-11(9)13-15-7-10(8-16-13)12(17)6-14/h2-5,7-8H,6,14H2,1H3. The van der Waals surface area contributed by atoms with Crippen LogP contribution in [0.15, 0.2) is 36.7 Å². The molecule has 2 aromatic rings. The Hall–Kier alpha value is -2.07. The lowest BCUT2D eigenvalue weighted by atomic mass is 10.1. The number of Topliss-reactive ketones (excluding diaryl/α,β-unsaturated/α-hetero) is 1. The Balaban J connectivity index is 2.36. The van der Waals surface area contributed by atoms with E-state index in [-0.39, 0.29) is 12.3 Å². The molecule has 0 spiro atoms. The molecule has 0 saturated carbocycles. The minimum atomic E-state index is -0.152. The van der Waals surface area contributed by atoms with E-state index in [1.807, 2.05) is 31.2 Å². The number of benzene rings is 1. The zero-order valence-corrected chi connectivity index (χ0v) is 9.55. The smallest absolute Gasteiger partial charge is 0.179 e. The Morgan fingerprint density at radius 3 is 2.47 bits per heavy atom. The van der Waals surface area contributed by atoms with Crippen LogP contribution in [-0.2, 0) is 0 Å². The molecule has 0 amide bonds. The van der Waals surface area contributed by atoms with Gasteiger partial charge in [-0.15, -0.1) is 0 Å². The largest absolute Gasteiger partial charge is 0.324 e. The van der Waals surface area contributed by atoms with Gasteiger partial charge in [0.25, 0.3) is 0 Å². The number of aryl methyl sites for hydroxylation is 1. The van der Waals surface area contributed by atoms with E-state index in [1.54, 1.807) is 0 Å². The first-order chi connectivity index (χ1) is 8.22. The molecule has 0 aliphatic carbocycles. The lowest BCUT2D eigenvalue weighted by molar-refractivity contribution is 0.100. The van der Waals surface area contributed by atoms with Gasteiger partial charge in [-0.05, 0) is 12.5 Å². The Labute approximate surface area is 99.5 Å². The van der Waals surface area contributed by atoms with Crippen LogP contribution < -0.4 is 5.73 Å². The molecule has 0 bridgehead atoms. The molecule has 0 atom stereocenters. The molecule has 0 saturated heterocycles. The number of nitrogens with two attached hydrogens (primary N) is 1. The third-order valence-corrected chi connectivity index (χ3v) is 2.55. The summed E-state index contributed by atoms with van der Waals surface area (Å²) in [6, 6.07) is 7.85. The molecule has 1 aromatic heterocycles. The number of hydrogen-bond donors (Lipinski definition) is 1. The van der Waals surface area contributed by atoms with Crippen molar-refractivity contribution in [3.63, 3.8) is 0 Å². The van der Waals surface area contributed by atoms with Crippen LogP contribution in [0.5, 0.6) is 0 Å². The van der Waals surface area contributed by atoms with E-state index in [4.69, 9.17) is 5.73 Å². The zero-order chi connectivity index (χ0) is 12.3. The van der Waals surface area contributed by atoms with Crippen molar-refractivity contribution in [2.24, 2.45) is 5.73 Å². The summed E-state index contributed by atoms with van der Waals surface area (Å²) in [5, 5.41) is 0. The van der Waals surface area contributed by atoms with Gasteiger partial charge in [-0.1, -0.05) is 24.3 Å². The van der Waals surface area contributed by atoms with Gasteiger partial charge in [0.15, 0.2) is 11.6 Å². The van der Waals surface area contributed by atoms with Gasteiger partial charge in [-0.25, -0.2) is 9.97 Å². The third-order valence-electron chi connectivity index (χ3n) is 2.55. The highest BCUT2D eigenvalue weighted by Crippen LogP contribution is 2.18. The van der Waals surface area contributed by atoms with Crippen LogP contribution in [0.3, 0.4) is 0 Å². The van der Waals surface area contributed by atoms with Gasteiger partial charge in [-0.3, -0.25) is 4.79 Å². The molecule has 2 rings (SSSR count). The highest BCUT2D eigenvalue weighted by atomic mass is 16.1. The number of carbonyl (C=O) groups is 1. The second kappa shape index (κ2) is 4.84. The molecule has 1 aromatic carbocycles. The maximum absolute atomic E-state index is 11.3. The summed E-state index contributed by atoms with van der Waals surface area (Å²) in [5.74, 6) is 0.470. The predicted molar refractivity (Wildman–Crippen MR) is 65.6 cm³/mol. The lowest BCUT2D eigenvalue weighted by Crippen LogP contribution is -2.14. The second-order valence-electron chi connectivity index (χ2n) is 3.74. The van der Waals surface area contributed by atoms with Crippen LogP contribution in [0.4, 0.5) is 0 Å². The van der Waals surface area contributed by atoms with Gasteiger partial charge in [0.1, 0.15) is 0 Å². The molecule has 0 aliphatic heterocycles. The summed E-state index contributed by atoms with van der Waals surface area (Å²) in [4.78, 5) is 19.7. The van der Waals surface area contributed by atoms with Crippen molar-refractivity contribution in [1.82, 2.24) is 9.97 Å². The van der Waals surface area contributed by atoms with Crippen molar-refractivity contribution in [3.8, 4) is 11.4 Å². The Morgan fingerprint density at radius 1 is 1.24 bits per heavy atom. The molecule has 4 nitrogen and oxygen atoms in total. The lowest BCUT2D eigenvalue weighted by Gasteiger charge is -2.04. The summed E-state index contributed by atoms with van der Waals surface area (Å²) in [6.07, 6.45) is 3.04. The van der Waals surface area contributed by atoms with E-state index in [9.17, 15) is 4.79 Å². The number of carbonyl (C=O) groups excluding carboxylic acids is 1. The summed E-state index contributed by atoms with van der Waals surface area (Å²) in [5.41, 5.74) is 7.79. The summed E-state index contributed by atoms with van der Waals surface area (Å²) in [6.45, 7) is 1.98. The molecular formula is C13H13N3O. The number of rotatable bonds is 3. The summed E-state index contributed by atoms with van der Waals surface area (Å²) < 4.78 is 0. The van der Waals surface area contributed by atoms with Crippen molar-refractivity contribution in [3.05, 3.63) is 47.8 Å². The van der Waals surface area contributed by atoms with Crippen LogP contribution in [0.1, 0.15) is 15.9 Å². The second-order valence-corrected chi connectivity index (χ2v) is 3.74. The van der Waals surface area contributed by atoms with Gasteiger partial charge in [0, 0.05) is 18.0 Å². The van der Waals surface area contributed by atoms with Gasteiger partial charge < -0.3 is 5.73 Å². The Morgan fingerprint density at radius 2 is 1.88 bits per heavy atom. The summed E-state index contributed by atoms with van der Waals surface area (Å²) in [7, 11) is 0. The highest BCUT2D eigenvalue weighted by Gasteiger charge is 2.07. The molecule has 86 valence electrons. The molecule has 1 heterocycles. The molecular weight excluding hydrogens is 214 g/mol. The Bertz CT molecular complexity index is 535. The topological polar surface area (TPSA) is 68.9 Å². The quantitative estimate of drug-likeness (QED) is 0.808. The fourth-order valence-corrected chi connectivity index (χ4v) is 1.55. The first-order valence-electron chi connectivity index (χ1n) is 5.33. The van der Waals surface area contributed by atoms with Crippen molar-refractivity contribution >= 4 is 5.78 Å². The van der Waals surface area contributed by atoms with Crippen molar-refractivity contribution < 1.29 is 4.79 Å². The zero-order valence-electron chi connectivity index (χ0n) is 9.55. The summed E-state index contributed by atoms with van der Waals surface area (Å²) >= 11 is 0. The molecule has 2 N–H and O–H groups in total. The van der Waals surface area contributed by atoms with Crippen LogP contribution >= 0.6 is 0 Å². The molecule has 0 radical (unpaired) electrons. The van der Waals surface area contributed by atoms with Crippen molar-refractivity contribution in [1.29, 1.82) is 0 Å². The highest BCUT2D eigenvalue weighted by molar-refractivity contribution is 5.97. The molecule has 4 heteroatoms. The monoisotopic (exact) mass is 227 g/mol. The average Bonchev–Trinajstić information content (AvgIpc) is 2.39. The molecule has 0 unspecified atom stereocenters. The number of nitrogens with zero attached hydrogens (tertiary/aromatic N) is 2. The van der Waals surface area contributed by atoms with Crippen LogP contribution in [0.25, 0.3) is 11.4 Å². The minimum Gasteiger partial charge on any atom is -0.324 e. The number of aromatic nitrogens is 2. The third kappa shape index (κ3) is 2.37. The maximum atomic E-state index is 11.3. The van der Waals surface area contributed by atoms with Gasteiger partial charge in [0.2, 0.25) is 0 Å². The van der Waals surface area contributed by atoms with E-state index < -0.39 is 0 Å². The van der Waals surface area contributed by atoms with Crippen molar-refractivity contribution in [2.75, 3.05) is 6.54 Å². The molecule has 17 heavy (non-hydrogen) atoms. The predicted octanol–water partition coefficient (Wildman–Crippen LogP) is 1.59. The average molecular weight is 227 g/mol. The van der Waals surface area contributed by atoms with E-state index in [2.05, 4.69) is 9.97 Å². The first kappa shape index (κ1) is 11.4. The fourth-order valence-electron chi connectivity index (χ4n) is 1.55. The van der Waals surface area contributed by atoms with Gasteiger partial charge in [-0.2, -0.15) is 0 Å². The number of ketones is 1. The van der Waals surface area contributed by atoms with Crippen LogP contribution in [0.2, 0.25) is 0 Å². The SMILES string of the molecule is Cc1ccccc1-c1ncc(C(=O)CN)cn1. The van der Waals surface area contributed by atoms with Crippen molar-refractivity contribution in [2.45, 2.75) is 6.92 Å².